The van der Waals surface area contributed by atoms with Crippen LogP contribution in [0.15, 0.2) is 24.3 Å². The molecule has 2 nitrogen and oxygen atoms in total. The third-order valence-corrected chi connectivity index (χ3v) is 4.73. The Balaban J connectivity index is 1.59. The highest BCUT2D eigenvalue weighted by molar-refractivity contribution is 5.27. The predicted molar refractivity (Wildman–Crippen MR) is 85.3 cm³/mol. The molecule has 1 aliphatic carbocycles. The van der Waals surface area contributed by atoms with Crippen LogP contribution in [0.5, 0.6) is 5.75 Å². The van der Waals surface area contributed by atoms with Gasteiger partial charge in [0.1, 0.15) is 5.75 Å². The van der Waals surface area contributed by atoms with Crippen molar-refractivity contribution in [2.24, 2.45) is 11.8 Å². The Hall–Kier alpha value is -1.02. The van der Waals surface area contributed by atoms with Crippen molar-refractivity contribution in [3.63, 3.8) is 0 Å². The fraction of sp³-hybridized carbons (Fsp3) is 0.667. The van der Waals surface area contributed by atoms with Crippen molar-refractivity contribution in [1.29, 1.82) is 0 Å². The SMILES string of the molecule is CCC1CCC(CNCCc2ccc(OC)cc2)CC1. The van der Waals surface area contributed by atoms with E-state index in [2.05, 4.69) is 24.4 Å². The molecular formula is C18H29NO. The van der Waals surface area contributed by atoms with Gasteiger partial charge in [0.15, 0.2) is 0 Å². The van der Waals surface area contributed by atoms with Crippen molar-refractivity contribution in [3.05, 3.63) is 29.8 Å². The highest BCUT2D eigenvalue weighted by Gasteiger charge is 2.19. The minimum atomic E-state index is 0.911. The second-order valence-electron chi connectivity index (χ2n) is 6.10. The van der Waals surface area contributed by atoms with Gasteiger partial charge in [0.2, 0.25) is 0 Å². The van der Waals surface area contributed by atoms with Crippen molar-refractivity contribution < 1.29 is 4.74 Å². The quantitative estimate of drug-likeness (QED) is 0.758. The molecule has 2 heteroatoms. The molecule has 0 radical (unpaired) electrons. The predicted octanol–water partition coefficient (Wildman–Crippen LogP) is 4.04. The molecule has 1 N–H and O–H groups in total. The zero-order chi connectivity index (χ0) is 14.2. The highest BCUT2D eigenvalue weighted by atomic mass is 16.5. The Labute approximate surface area is 123 Å². The van der Waals surface area contributed by atoms with Crippen LogP contribution in [0.2, 0.25) is 0 Å². The molecule has 0 spiro atoms. The lowest BCUT2D eigenvalue weighted by Gasteiger charge is -2.27. The molecule has 0 unspecified atom stereocenters. The monoisotopic (exact) mass is 275 g/mol. The lowest BCUT2D eigenvalue weighted by Crippen LogP contribution is -2.27. The van der Waals surface area contributed by atoms with Gasteiger partial charge in [0.25, 0.3) is 0 Å². The second-order valence-corrected chi connectivity index (χ2v) is 6.10. The first kappa shape index (κ1) is 15.4. The maximum Gasteiger partial charge on any atom is 0.118 e. The van der Waals surface area contributed by atoms with Crippen molar-refractivity contribution in [2.45, 2.75) is 45.4 Å². The van der Waals surface area contributed by atoms with Crippen LogP contribution in [-0.4, -0.2) is 20.2 Å². The number of hydrogen-bond donors (Lipinski definition) is 1. The normalized spacial score (nSPS) is 22.7. The molecule has 112 valence electrons. The third kappa shape index (κ3) is 4.82. The molecule has 0 aliphatic heterocycles. The van der Waals surface area contributed by atoms with Gasteiger partial charge in [-0.15, -0.1) is 0 Å². The van der Waals surface area contributed by atoms with Gasteiger partial charge in [-0.2, -0.15) is 0 Å². The zero-order valence-electron chi connectivity index (χ0n) is 13.0. The fourth-order valence-corrected chi connectivity index (χ4v) is 3.17. The summed E-state index contributed by atoms with van der Waals surface area (Å²) in [6, 6.07) is 8.41. The lowest BCUT2D eigenvalue weighted by molar-refractivity contribution is 0.263. The molecule has 1 saturated carbocycles. The van der Waals surface area contributed by atoms with E-state index in [1.807, 2.05) is 12.1 Å². The van der Waals surface area contributed by atoms with Gasteiger partial charge >= 0.3 is 0 Å². The summed E-state index contributed by atoms with van der Waals surface area (Å²) in [4.78, 5) is 0. The van der Waals surface area contributed by atoms with E-state index in [0.717, 1.165) is 30.6 Å². The van der Waals surface area contributed by atoms with E-state index in [4.69, 9.17) is 4.74 Å². The molecule has 20 heavy (non-hydrogen) atoms. The molecule has 0 heterocycles. The minimum Gasteiger partial charge on any atom is -0.497 e. The largest absolute Gasteiger partial charge is 0.497 e. The van der Waals surface area contributed by atoms with Crippen LogP contribution in [0.3, 0.4) is 0 Å². The number of rotatable bonds is 7. The minimum absolute atomic E-state index is 0.911. The lowest BCUT2D eigenvalue weighted by atomic mass is 9.81. The standard InChI is InChI=1S/C18H29NO/c1-3-15-4-6-17(7-5-15)14-19-13-12-16-8-10-18(20-2)11-9-16/h8-11,15,17,19H,3-7,12-14H2,1-2H3. The summed E-state index contributed by atoms with van der Waals surface area (Å²) >= 11 is 0. The van der Waals surface area contributed by atoms with Gasteiger partial charge in [-0.1, -0.05) is 38.3 Å². The Morgan fingerprint density at radius 2 is 1.70 bits per heavy atom. The van der Waals surface area contributed by atoms with Gasteiger partial charge in [0.05, 0.1) is 7.11 Å². The van der Waals surface area contributed by atoms with E-state index in [1.165, 1.54) is 44.2 Å². The van der Waals surface area contributed by atoms with E-state index in [1.54, 1.807) is 7.11 Å². The molecule has 0 saturated heterocycles. The van der Waals surface area contributed by atoms with Crippen LogP contribution < -0.4 is 10.1 Å². The van der Waals surface area contributed by atoms with Crippen LogP contribution in [-0.2, 0) is 6.42 Å². The molecule has 1 aromatic carbocycles. The summed E-state index contributed by atoms with van der Waals surface area (Å²) in [6.07, 6.45) is 8.22. The fourth-order valence-electron chi connectivity index (χ4n) is 3.17. The summed E-state index contributed by atoms with van der Waals surface area (Å²) in [5, 5.41) is 3.63. The Morgan fingerprint density at radius 1 is 1.05 bits per heavy atom. The molecule has 0 atom stereocenters. The molecule has 0 aromatic heterocycles. The first-order chi connectivity index (χ1) is 9.81. The number of hydrogen-bond acceptors (Lipinski definition) is 2. The number of ether oxygens (including phenoxy) is 1. The maximum absolute atomic E-state index is 5.18. The van der Waals surface area contributed by atoms with Crippen molar-refractivity contribution in [2.75, 3.05) is 20.2 Å². The smallest absolute Gasteiger partial charge is 0.118 e. The molecule has 1 fully saturated rings. The van der Waals surface area contributed by atoms with Crippen molar-refractivity contribution in [3.8, 4) is 5.75 Å². The summed E-state index contributed by atoms with van der Waals surface area (Å²) in [7, 11) is 1.71. The molecule has 0 amide bonds. The van der Waals surface area contributed by atoms with Gasteiger partial charge in [-0.25, -0.2) is 0 Å². The van der Waals surface area contributed by atoms with E-state index in [-0.39, 0.29) is 0 Å². The van der Waals surface area contributed by atoms with Gasteiger partial charge < -0.3 is 10.1 Å². The van der Waals surface area contributed by atoms with E-state index < -0.39 is 0 Å². The second kappa shape index (κ2) is 8.31. The molecule has 1 aliphatic rings. The summed E-state index contributed by atoms with van der Waals surface area (Å²) < 4.78 is 5.18. The molecule has 0 bridgehead atoms. The topological polar surface area (TPSA) is 21.3 Å². The van der Waals surface area contributed by atoms with E-state index in [0.29, 0.717) is 0 Å². The number of benzene rings is 1. The van der Waals surface area contributed by atoms with Crippen LogP contribution in [0.1, 0.15) is 44.6 Å². The molecule has 2 rings (SSSR count). The van der Waals surface area contributed by atoms with Gasteiger partial charge in [-0.05, 0) is 61.9 Å². The van der Waals surface area contributed by atoms with Gasteiger partial charge in [0, 0.05) is 0 Å². The average molecular weight is 275 g/mol. The average Bonchev–Trinajstić information content (AvgIpc) is 2.53. The first-order valence-electron chi connectivity index (χ1n) is 8.15. The summed E-state index contributed by atoms with van der Waals surface area (Å²) in [6.45, 7) is 4.62. The van der Waals surface area contributed by atoms with Crippen molar-refractivity contribution in [1.82, 2.24) is 5.32 Å². The van der Waals surface area contributed by atoms with Crippen LogP contribution in [0, 0.1) is 11.8 Å². The Bertz CT molecular complexity index is 366. The Kier molecular flexibility index (Phi) is 6.38. The molecular weight excluding hydrogens is 246 g/mol. The van der Waals surface area contributed by atoms with E-state index >= 15 is 0 Å². The maximum atomic E-state index is 5.18. The van der Waals surface area contributed by atoms with Crippen LogP contribution in [0.25, 0.3) is 0 Å². The third-order valence-electron chi connectivity index (χ3n) is 4.73. The van der Waals surface area contributed by atoms with Crippen LogP contribution in [0.4, 0.5) is 0 Å². The zero-order valence-corrected chi connectivity index (χ0v) is 13.0. The van der Waals surface area contributed by atoms with Crippen molar-refractivity contribution >= 4 is 0 Å². The summed E-state index contributed by atoms with van der Waals surface area (Å²) in [5.74, 6) is 2.86. The number of methoxy groups -OCH3 is 1. The number of nitrogens with one attached hydrogen (secondary N) is 1. The highest BCUT2D eigenvalue weighted by Crippen LogP contribution is 2.30. The van der Waals surface area contributed by atoms with Crippen LogP contribution >= 0.6 is 0 Å². The van der Waals surface area contributed by atoms with E-state index in [9.17, 15) is 0 Å². The summed E-state index contributed by atoms with van der Waals surface area (Å²) in [5.41, 5.74) is 1.38. The molecule has 1 aromatic rings. The Morgan fingerprint density at radius 3 is 2.30 bits per heavy atom. The first-order valence-corrected chi connectivity index (χ1v) is 8.15. The van der Waals surface area contributed by atoms with Gasteiger partial charge in [-0.3, -0.25) is 0 Å².